The molecule has 0 aromatic carbocycles. The van der Waals surface area contributed by atoms with Crippen LogP contribution in [0.4, 0.5) is 5.69 Å². The fourth-order valence-corrected chi connectivity index (χ4v) is 2.13. The molecule has 1 unspecified atom stereocenters. The Morgan fingerprint density at radius 3 is 2.76 bits per heavy atom. The molecule has 2 aromatic heterocycles. The summed E-state index contributed by atoms with van der Waals surface area (Å²) in [5.41, 5.74) is 0.699. The zero-order valence-electron chi connectivity index (χ0n) is 12.6. The predicted octanol–water partition coefficient (Wildman–Crippen LogP) is 1.90. The number of aryl methyl sites for hydroxylation is 1. The molecule has 0 bridgehead atoms. The van der Waals surface area contributed by atoms with Gasteiger partial charge in [-0.3, -0.25) is 9.36 Å². The molecule has 0 fully saturated rings. The van der Waals surface area contributed by atoms with Gasteiger partial charge in [0.05, 0.1) is 11.9 Å². The molecule has 112 valence electrons. The van der Waals surface area contributed by atoms with Gasteiger partial charge in [-0.1, -0.05) is 6.92 Å². The van der Waals surface area contributed by atoms with Crippen molar-refractivity contribution in [2.75, 3.05) is 11.9 Å². The molecule has 2 heterocycles. The highest BCUT2D eigenvalue weighted by atomic mass is 16.1. The quantitative estimate of drug-likeness (QED) is 0.851. The van der Waals surface area contributed by atoms with E-state index in [1.54, 1.807) is 12.4 Å². The van der Waals surface area contributed by atoms with Crippen LogP contribution in [-0.2, 0) is 4.79 Å². The van der Waals surface area contributed by atoms with Crippen LogP contribution in [0.15, 0.2) is 30.7 Å². The van der Waals surface area contributed by atoms with Gasteiger partial charge in [0.15, 0.2) is 0 Å². The second-order valence-electron chi connectivity index (χ2n) is 4.96. The van der Waals surface area contributed by atoms with Crippen molar-refractivity contribution in [2.45, 2.75) is 33.2 Å². The maximum atomic E-state index is 11.9. The summed E-state index contributed by atoms with van der Waals surface area (Å²) >= 11 is 0. The van der Waals surface area contributed by atoms with Crippen LogP contribution in [0, 0.1) is 6.92 Å². The summed E-state index contributed by atoms with van der Waals surface area (Å²) in [7, 11) is 0. The molecular formula is C15H21N5O. The number of nitrogens with zero attached hydrogens (tertiary/aromatic N) is 3. The van der Waals surface area contributed by atoms with Gasteiger partial charge in [0.1, 0.15) is 11.6 Å². The molecule has 21 heavy (non-hydrogen) atoms. The third kappa shape index (κ3) is 4.13. The largest absolute Gasteiger partial charge is 0.325 e. The average Bonchev–Trinajstić information content (AvgIpc) is 2.86. The minimum Gasteiger partial charge on any atom is -0.325 e. The van der Waals surface area contributed by atoms with Crippen LogP contribution in [0.5, 0.6) is 0 Å². The van der Waals surface area contributed by atoms with Crippen molar-refractivity contribution in [1.29, 1.82) is 0 Å². The van der Waals surface area contributed by atoms with E-state index in [0.717, 1.165) is 18.2 Å². The number of rotatable bonds is 6. The Hall–Kier alpha value is -2.21. The smallest absolute Gasteiger partial charge is 0.225 e. The predicted molar refractivity (Wildman–Crippen MR) is 82.5 cm³/mol. The molecule has 0 aliphatic carbocycles. The third-order valence-corrected chi connectivity index (χ3v) is 3.15. The summed E-state index contributed by atoms with van der Waals surface area (Å²) in [5, 5.41) is 6.06. The van der Waals surface area contributed by atoms with E-state index < -0.39 is 0 Å². The van der Waals surface area contributed by atoms with Crippen LogP contribution in [0.25, 0.3) is 5.82 Å². The number of hydrogen-bond acceptors (Lipinski definition) is 4. The van der Waals surface area contributed by atoms with Gasteiger partial charge in [0.2, 0.25) is 5.91 Å². The molecule has 1 amide bonds. The third-order valence-electron chi connectivity index (χ3n) is 3.15. The van der Waals surface area contributed by atoms with E-state index in [1.165, 1.54) is 0 Å². The van der Waals surface area contributed by atoms with Crippen molar-refractivity contribution < 1.29 is 4.79 Å². The lowest BCUT2D eigenvalue weighted by Crippen LogP contribution is -2.30. The first-order valence-electron chi connectivity index (χ1n) is 7.09. The molecule has 0 aliphatic rings. The lowest BCUT2D eigenvalue weighted by atomic mass is 10.2. The molecule has 2 aromatic rings. The second-order valence-corrected chi connectivity index (χ2v) is 4.96. The minimum atomic E-state index is -0.0168. The summed E-state index contributed by atoms with van der Waals surface area (Å²) in [6.45, 7) is 6.79. The van der Waals surface area contributed by atoms with Gasteiger partial charge in [-0.2, -0.15) is 0 Å². The first kappa shape index (κ1) is 15.2. The molecule has 0 aliphatic heterocycles. The molecule has 1 atom stereocenters. The first-order chi connectivity index (χ1) is 10.1. The zero-order chi connectivity index (χ0) is 15.2. The highest BCUT2D eigenvalue weighted by Crippen LogP contribution is 2.11. The fraction of sp³-hybridized carbons (Fsp3) is 0.400. The van der Waals surface area contributed by atoms with E-state index in [2.05, 4.69) is 20.6 Å². The standard InChI is InChI=1S/C15H21N5O/c1-4-16-11(2)9-15(21)19-13-5-6-14(18-10-13)20-8-7-17-12(20)3/h5-8,10-11,16H,4,9H2,1-3H3,(H,19,21). The fourth-order valence-electron chi connectivity index (χ4n) is 2.13. The van der Waals surface area contributed by atoms with Crippen molar-refractivity contribution in [3.8, 4) is 5.82 Å². The summed E-state index contributed by atoms with van der Waals surface area (Å²) < 4.78 is 1.89. The zero-order valence-corrected chi connectivity index (χ0v) is 12.6. The van der Waals surface area contributed by atoms with E-state index in [1.807, 2.05) is 43.7 Å². The summed E-state index contributed by atoms with van der Waals surface area (Å²) in [6.07, 6.45) is 5.68. The van der Waals surface area contributed by atoms with Crippen molar-refractivity contribution in [3.05, 3.63) is 36.5 Å². The molecule has 2 rings (SSSR count). The van der Waals surface area contributed by atoms with Crippen molar-refractivity contribution in [1.82, 2.24) is 19.9 Å². The molecule has 2 N–H and O–H groups in total. The Bertz CT molecular complexity index is 590. The van der Waals surface area contributed by atoms with E-state index in [-0.39, 0.29) is 11.9 Å². The average molecular weight is 287 g/mol. The Labute approximate surface area is 124 Å². The Kier molecular flexibility index (Phi) is 5.05. The Morgan fingerprint density at radius 2 is 2.19 bits per heavy atom. The van der Waals surface area contributed by atoms with Crippen LogP contribution in [0.1, 0.15) is 26.1 Å². The molecule has 0 radical (unpaired) electrons. The van der Waals surface area contributed by atoms with Gasteiger partial charge in [-0.15, -0.1) is 0 Å². The van der Waals surface area contributed by atoms with E-state index in [9.17, 15) is 4.79 Å². The number of amides is 1. The van der Waals surface area contributed by atoms with Crippen LogP contribution in [0.2, 0.25) is 0 Å². The molecule has 0 saturated heterocycles. The van der Waals surface area contributed by atoms with Gasteiger partial charge in [-0.05, 0) is 32.5 Å². The van der Waals surface area contributed by atoms with Crippen LogP contribution < -0.4 is 10.6 Å². The van der Waals surface area contributed by atoms with Crippen LogP contribution >= 0.6 is 0 Å². The lowest BCUT2D eigenvalue weighted by molar-refractivity contribution is -0.116. The number of carbonyl (C=O) groups is 1. The minimum absolute atomic E-state index is 0.0168. The molecule has 6 heteroatoms. The Balaban J connectivity index is 1.97. The number of nitrogens with one attached hydrogen (secondary N) is 2. The summed E-state index contributed by atoms with van der Waals surface area (Å²) in [6, 6.07) is 3.87. The number of anilines is 1. The van der Waals surface area contributed by atoms with E-state index in [4.69, 9.17) is 0 Å². The van der Waals surface area contributed by atoms with E-state index in [0.29, 0.717) is 12.1 Å². The second kappa shape index (κ2) is 6.99. The van der Waals surface area contributed by atoms with Crippen LogP contribution in [-0.4, -0.2) is 33.0 Å². The SMILES string of the molecule is CCNC(C)CC(=O)Nc1ccc(-n2ccnc2C)nc1. The van der Waals surface area contributed by atoms with Gasteiger partial charge >= 0.3 is 0 Å². The van der Waals surface area contributed by atoms with Crippen LogP contribution in [0.3, 0.4) is 0 Å². The lowest BCUT2D eigenvalue weighted by Gasteiger charge is -2.12. The Morgan fingerprint density at radius 1 is 1.38 bits per heavy atom. The van der Waals surface area contributed by atoms with Crippen molar-refractivity contribution in [3.63, 3.8) is 0 Å². The maximum absolute atomic E-state index is 11.9. The number of aromatic nitrogens is 3. The normalized spacial score (nSPS) is 12.1. The van der Waals surface area contributed by atoms with Gasteiger partial charge in [0.25, 0.3) is 0 Å². The summed E-state index contributed by atoms with van der Waals surface area (Å²) in [4.78, 5) is 20.4. The van der Waals surface area contributed by atoms with Gasteiger partial charge in [0, 0.05) is 24.9 Å². The first-order valence-corrected chi connectivity index (χ1v) is 7.09. The summed E-state index contributed by atoms with van der Waals surface area (Å²) in [5.74, 6) is 1.64. The highest BCUT2D eigenvalue weighted by Gasteiger charge is 2.08. The molecule has 0 spiro atoms. The van der Waals surface area contributed by atoms with Gasteiger partial charge in [-0.25, -0.2) is 9.97 Å². The van der Waals surface area contributed by atoms with Crippen molar-refractivity contribution >= 4 is 11.6 Å². The van der Waals surface area contributed by atoms with Gasteiger partial charge < -0.3 is 10.6 Å². The number of imidazole rings is 1. The number of carbonyl (C=O) groups excluding carboxylic acids is 1. The molecule has 6 nitrogen and oxygen atoms in total. The topological polar surface area (TPSA) is 71.8 Å². The number of pyridine rings is 1. The molecule has 0 saturated carbocycles. The molecular weight excluding hydrogens is 266 g/mol. The van der Waals surface area contributed by atoms with Crippen molar-refractivity contribution in [2.24, 2.45) is 0 Å². The highest BCUT2D eigenvalue weighted by molar-refractivity contribution is 5.90. The van der Waals surface area contributed by atoms with E-state index >= 15 is 0 Å². The monoisotopic (exact) mass is 287 g/mol. The number of hydrogen-bond donors (Lipinski definition) is 2. The maximum Gasteiger partial charge on any atom is 0.225 e.